The average Bonchev–Trinajstić information content (AvgIpc) is 2.63. The molecule has 26 heavy (non-hydrogen) atoms. The Labute approximate surface area is 150 Å². The first kappa shape index (κ1) is 17.7. The summed E-state index contributed by atoms with van der Waals surface area (Å²) in [5.41, 5.74) is 2.49. The summed E-state index contributed by atoms with van der Waals surface area (Å²) in [4.78, 5) is 40.7. The molecule has 0 radical (unpaired) electrons. The Balaban J connectivity index is 1.96. The summed E-state index contributed by atoms with van der Waals surface area (Å²) >= 11 is 0. The second-order valence-corrected chi connectivity index (χ2v) is 6.32. The molecule has 6 heteroatoms. The van der Waals surface area contributed by atoms with E-state index in [4.69, 9.17) is 0 Å². The lowest BCUT2D eigenvalue weighted by molar-refractivity contribution is 0.0785. The number of nitrogens with zero attached hydrogens (tertiary/aromatic N) is 2. The van der Waals surface area contributed by atoms with Crippen molar-refractivity contribution in [1.82, 2.24) is 14.5 Å². The molecule has 0 aliphatic heterocycles. The van der Waals surface area contributed by atoms with E-state index in [1.165, 1.54) is 4.57 Å². The van der Waals surface area contributed by atoms with Gasteiger partial charge in [-0.3, -0.25) is 14.4 Å². The van der Waals surface area contributed by atoms with Crippen LogP contribution in [0.2, 0.25) is 0 Å². The van der Waals surface area contributed by atoms with Gasteiger partial charge in [0.2, 0.25) is 0 Å². The Morgan fingerprint density at radius 1 is 1.15 bits per heavy atom. The molecule has 0 spiro atoms. The van der Waals surface area contributed by atoms with Crippen molar-refractivity contribution in [2.24, 2.45) is 0 Å². The fraction of sp³-hybridized carbons (Fsp3) is 0.250. The number of benzene rings is 2. The Kier molecular flexibility index (Phi) is 4.75. The zero-order valence-electron chi connectivity index (χ0n) is 15.1. The zero-order chi connectivity index (χ0) is 18.8. The van der Waals surface area contributed by atoms with Gasteiger partial charge in [0.1, 0.15) is 0 Å². The van der Waals surface area contributed by atoms with Gasteiger partial charge >= 0.3 is 11.1 Å². The molecule has 1 amide bonds. The third-order valence-corrected chi connectivity index (χ3v) is 4.55. The van der Waals surface area contributed by atoms with Gasteiger partial charge in [0, 0.05) is 25.7 Å². The van der Waals surface area contributed by atoms with Crippen LogP contribution in [0.15, 0.2) is 52.1 Å². The Bertz CT molecular complexity index is 1100. The maximum atomic E-state index is 12.8. The van der Waals surface area contributed by atoms with Gasteiger partial charge < -0.3 is 14.5 Å². The molecular weight excluding hydrogens is 330 g/mol. The lowest BCUT2D eigenvalue weighted by Gasteiger charge is -2.19. The first-order valence-electron chi connectivity index (χ1n) is 8.49. The number of aromatic nitrogens is 2. The number of carbonyl (C=O) groups is 1. The van der Waals surface area contributed by atoms with Crippen molar-refractivity contribution in [3.63, 3.8) is 0 Å². The molecule has 1 heterocycles. The molecule has 0 atom stereocenters. The van der Waals surface area contributed by atoms with Crippen molar-refractivity contribution in [3.05, 3.63) is 79.9 Å². The monoisotopic (exact) mass is 351 g/mol. The van der Waals surface area contributed by atoms with Crippen LogP contribution < -0.4 is 11.1 Å². The number of fused-ring (bicyclic) bond motifs is 1. The maximum absolute atomic E-state index is 12.8. The number of H-pyrrole nitrogens is 1. The highest BCUT2D eigenvalue weighted by Gasteiger charge is 2.15. The summed E-state index contributed by atoms with van der Waals surface area (Å²) in [6.07, 6.45) is 0. The van der Waals surface area contributed by atoms with Crippen LogP contribution in [0.5, 0.6) is 0 Å². The molecule has 0 aliphatic rings. The number of amides is 1. The van der Waals surface area contributed by atoms with Gasteiger partial charge in [-0.1, -0.05) is 24.3 Å². The Morgan fingerprint density at radius 3 is 2.58 bits per heavy atom. The molecule has 0 fully saturated rings. The molecule has 134 valence electrons. The fourth-order valence-corrected chi connectivity index (χ4v) is 3.06. The number of hydrogen-bond donors (Lipinski definition) is 1. The number of aromatic amines is 1. The predicted octanol–water partition coefficient (Wildman–Crippen LogP) is 2.29. The van der Waals surface area contributed by atoms with Crippen molar-refractivity contribution in [1.29, 1.82) is 0 Å². The predicted molar refractivity (Wildman–Crippen MR) is 101 cm³/mol. The normalized spacial score (nSPS) is 10.9. The lowest BCUT2D eigenvalue weighted by Crippen LogP contribution is -2.36. The van der Waals surface area contributed by atoms with Crippen LogP contribution in [0.3, 0.4) is 0 Å². The van der Waals surface area contributed by atoms with Gasteiger partial charge in [0.15, 0.2) is 0 Å². The third-order valence-electron chi connectivity index (χ3n) is 4.55. The van der Waals surface area contributed by atoms with E-state index in [1.807, 2.05) is 31.2 Å². The smallest absolute Gasteiger partial charge is 0.316 e. The van der Waals surface area contributed by atoms with Gasteiger partial charge in [-0.2, -0.15) is 0 Å². The first-order chi connectivity index (χ1) is 12.4. The highest BCUT2D eigenvalue weighted by atomic mass is 16.2. The van der Waals surface area contributed by atoms with E-state index >= 15 is 0 Å². The van der Waals surface area contributed by atoms with Crippen LogP contribution in [-0.4, -0.2) is 27.4 Å². The first-order valence-corrected chi connectivity index (χ1v) is 8.49. The van der Waals surface area contributed by atoms with E-state index in [9.17, 15) is 14.4 Å². The molecule has 0 aliphatic carbocycles. The minimum Gasteiger partial charge on any atom is -0.337 e. The van der Waals surface area contributed by atoms with Crippen molar-refractivity contribution in [2.45, 2.75) is 26.9 Å². The van der Waals surface area contributed by atoms with E-state index in [2.05, 4.69) is 4.98 Å². The molecule has 0 saturated carbocycles. The van der Waals surface area contributed by atoms with Gasteiger partial charge in [0.25, 0.3) is 5.91 Å². The quantitative estimate of drug-likeness (QED) is 0.733. The maximum Gasteiger partial charge on any atom is 0.316 e. The number of carbonyl (C=O) groups excluding carboxylic acids is 1. The molecule has 1 aromatic heterocycles. The van der Waals surface area contributed by atoms with Gasteiger partial charge in [-0.15, -0.1) is 0 Å². The fourth-order valence-electron chi connectivity index (χ4n) is 3.06. The van der Waals surface area contributed by atoms with Crippen molar-refractivity contribution in [3.8, 4) is 0 Å². The minimum atomic E-state index is -0.683. The van der Waals surface area contributed by atoms with E-state index in [1.54, 1.807) is 37.1 Å². The zero-order valence-corrected chi connectivity index (χ0v) is 15.1. The summed E-state index contributed by atoms with van der Waals surface area (Å²) in [6.45, 7) is 4.70. The summed E-state index contributed by atoms with van der Waals surface area (Å²) in [7, 11) is 1.74. The van der Waals surface area contributed by atoms with Crippen LogP contribution in [0.1, 0.15) is 28.4 Å². The molecular formula is C20H21N3O3. The van der Waals surface area contributed by atoms with Crippen LogP contribution in [-0.2, 0) is 13.1 Å². The molecule has 6 nitrogen and oxygen atoms in total. The van der Waals surface area contributed by atoms with Crippen molar-refractivity contribution in [2.75, 3.05) is 7.05 Å². The molecule has 3 aromatic rings. The Hall–Kier alpha value is -3.15. The number of nitrogens with one attached hydrogen (secondary N) is 1. The van der Waals surface area contributed by atoms with Gasteiger partial charge in [-0.05, 0) is 43.2 Å². The molecule has 0 unspecified atom stereocenters. The van der Waals surface area contributed by atoms with E-state index in [-0.39, 0.29) is 5.91 Å². The average molecular weight is 351 g/mol. The topological polar surface area (TPSA) is 75.2 Å². The van der Waals surface area contributed by atoms with Crippen LogP contribution in [0, 0.1) is 6.92 Å². The van der Waals surface area contributed by atoms with E-state index in [0.29, 0.717) is 29.7 Å². The number of rotatable bonds is 4. The number of aryl methyl sites for hydroxylation is 2. The third kappa shape index (κ3) is 3.18. The minimum absolute atomic E-state index is 0.148. The van der Waals surface area contributed by atoms with Crippen LogP contribution in [0.4, 0.5) is 0 Å². The summed E-state index contributed by atoms with van der Waals surface area (Å²) < 4.78 is 1.40. The highest BCUT2D eigenvalue weighted by Crippen LogP contribution is 2.15. The summed E-state index contributed by atoms with van der Waals surface area (Å²) in [5, 5.41) is 0. The largest absolute Gasteiger partial charge is 0.337 e. The SMILES string of the molecule is CCn1c(=O)c(=O)[nH]c2cc(C(=O)N(C)Cc3ccccc3C)ccc21. The molecule has 2 aromatic carbocycles. The summed E-state index contributed by atoms with van der Waals surface area (Å²) in [5.74, 6) is -0.148. The van der Waals surface area contributed by atoms with Crippen LogP contribution >= 0.6 is 0 Å². The molecule has 0 saturated heterocycles. The molecule has 3 rings (SSSR count). The van der Waals surface area contributed by atoms with Crippen molar-refractivity contribution >= 4 is 16.9 Å². The van der Waals surface area contributed by atoms with E-state index < -0.39 is 11.1 Å². The van der Waals surface area contributed by atoms with Crippen LogP contribution in [0.25, 0.3) is 11.0 Å². The second-order valence-electron chi connectivity index (χ2n) is 6.32. The van der Waals surface area contributed by atoms with Gasteiger partial charge in [0.05, 0.1) is 11.0 Å². The van der Waals surface area contributed by atoms with E-state index in [0.717, 1.165) is 11.1 Å². The van der Waals surface area contributed by atoms with Crippen molar-refractivity contribution < 1.29 is 4.79 Å². The summed E-state index contributed by atoms with van der Waals surface area (Å²) in [6, 6.07) is 12.9. The molecule has 0 bridgehead atoms. The lowest BCUT2D eigenvalue weighted by atomic mass is 10.1. The molecule has 1 N–H and O–H groups in total. The Morgan fingerprint density at radius 2 is 1.88 bits per heavy atom. The standard InChI is InChI=1S/C20H21N3O3/c1-4-23-17-10-9-14(11-16(17)21-18(24)20(23)26)19(25)22(3)12-15-8-6-5-7-13(15)2/h5-11H,4,12H2,1-3H3,(H,21,24). The number of hydrogen-bond acceptors (Lipinski definition) is 3. The van der Waals surface area contributed by atoms with Gasteiger partial charge in [-0.25, -0.2) is 0 Å². The second kappa shape index (κ2) is 7.00. The highest BCUT2D eigenvalue weighted by molar-refractivity contribution is 5.97.